The number of carbonyl (C=O) groups is 2. The average Bonchev–Trinajstić information content (AvgIpc) is 3.32. The molecule has 1 aromatic carbocycles. The maximum absolute atomic E-state index is 12.0. The van der Waals surface area contributed by atoms with Crippen molar-refractivity contribution in [2.75, 3.05) is 26.0 Å². The van der Waals surface area contributed by atoms with Crippen LogP contribution in [0.25, 0.3) is 22.3 Å². The Kier molecular flexibility index (Phi) is 8.07. The summed E-state index contributed by atoms with van der Waals surface area (Å²) in [7, 11) is 3.20. The molecule has 0 fully saturated rings. The third kappa shape index (κ3) is 5.91. The van der Waals surface area contributed by atoms with Gasteiger partial charge in [-0.05, 0) is 30.2 Å². The van der Waals surface area contributed by atoms with E-state index >= 15 is 0 Å². The number of benzene rings is 1. The Morgan fingerprint density at radius 1 is 1.11 bits per heavy atom. The average molecular weight is 502 g/mol. The zero-order valence-electron chi connectivity index (χ0n) is 21.5. The molecule has 0 radical (unpaired) electrons. The molecule has 3 heterocycles. The number of hydrogen-bond acceptors (Lipinski definition) is 8. The Morgan fingerprint density at radius 3 is 2.70 bits per heavy atom. The van der Waals surface area contributed by atoms with E-state index in [0.29, 0.717) is 35.7 Å². The van der Waals surface area contributed by atoms with Crippen LogP contribution in [0.2, 0.25) is 0 Å². The minimum atomic E-state index is -0.158. The summed E-state index contributed by atoms with van der Waals surface area (Å²) >= 11 is 0. The van der Waals surface area contributed by atoms with Crippen molar-refractivity contribution in [1.29, 1.82) is 0 Å². The number of ether oxygens (including phenoxy) is 1. The van der Waals surface area contributed by atoms with E-state index in [4.69, 9.17) is 4.74 Å². The highest BCUT2D eigenvalue weighted by atomic mass is 16.5. The van der Waals surface area contributed by atoms with Crippen LogP contribution in [-0.2, 0) is 11.3 Å². The van der Waals surface area contributed by atoms with E-state index in [1.807, 2.05) is 25.1 Å². The van der Waals surface area contributed by atoms with E-state index in [0.717, 1.165) is 28.6 Å². The first-order valence-corrected chi connectivity index (χ1v) is 12.2. The molecule has 0 saturated carbocycles. The molecule has 0 saturated heterocycles. The highest BCUT2D eigenvalue weighted by molar-refractivity contribution is 5.94. The molecule has 192 valence electrons. The van der Waals surface area contributed by atoms with E-state index < -0.39 is 0 Å². The van der Waals surface area contributed by atoms with Crippen LogP contribution in [0.5, 0.6) is 5.75 Å². The third-order valence-electron chi connectivity index (χ3n) is 6.14. The molecule has 1 atom stereocenters. The molecule has 3 aromatic heterocycles. The highest BCUT2D eigenvalue weighted by Gasteiger charge is 2.15. The Bertz CT molecular complexity index is 1420. The normalized spacial score (nSPS) is 11.8. The number of fused-ring (bicyclic) bond motifs is 1. The molecular formula is C27H31N7O3. The number of anilines is 1. The molecule has 0 aliphatic heterocycles. The van der Waals surface area contributed by atoms with Gasteiger partial charge in [0, 0.05) is 54.7 Å². The van der Waals surface area contributed by atoms with Crippen LogP contribution < -0.4 is 15.4 Å². The van der Waals surface area contributed by atoms with Crippen molar-refractivity contribution in [1.82, 2.24) is 30.0 Å². The number of amides is 1. The molecule has 10 nitrogen and oxygen atoms in total. The predicted octanol–water partition coefficient (Wildman–Crippen LogP) is 3.84. The number of nitrogens with one attached hydrogen (secondary N) is 2. The zero-order valence-corrected chi connectivity index (χ0v) is 21.5. The number of carbonyl (C=O) groups excluding carboxylic acids is 2. The van der Waals surface area contributed by atoms with Crippen LogP contribution in [0.3, 0.4) is 0 Å². The summed E-state index contributed by atoms with van der Waals surface area (Å²) in [5.41, 5.74) is 3.76. The molecular weight excluding hydrogens is 470 g/mol. The first kappa shape index (κ1) is 25.7. The Balaban J connectivity index is 1.47. The van der Waals surface area contributed by atoms with Crippen molar-refractivity contribution in [2.24, 2.45) is 0 Å². The smallest absolute Gasteiger partial charge is 0.251 e. The SMILES string of the molecule is CCCC(=O)Cn1ncc2cc(-c3cc(NCC(C)c4ccc(C(=O)NC)cc4OC)ncn3)cnc21. The van der Waals surface area contributed by atoms with Gasteiger partial charge in [-0.2, -0.15) is 5.10 Å². The topological polar surface area (TPSA) is 124 Å². The first-order valence-electron chi connectivity index (χ1n) is 12.2. The van der Waals surface area contributed by atoms with Gasteiger partial charge in [0.05, 0.1) is 19.0 Å². The van der Waals surface area contributed by atoms with Crippen molar-refractivity contribution in [3.05, 3.63) is 60.2 Å². The van der Waals surface area contributed by atoms with Crippen molar-refractivity contribution < 1.29 is 14.3 Å². The maximum Gasteiger partial charge on any atom is 0.251 e. The molecule has 1 unspecified atom stereocenters. The van der Waals surface area contributed by atoms with Crippen LogP contribution in [0.15, 0.2) is 49.1 Å². The second-order valence-corrected chi connectivity index (χ2v) is 8.83. The molecule has 0 spiro atoms. The molecule has 37 heavy (non-hydrogen) atoms. The summed E-state index contributed by atoms with van der Waals surface area (Å²) in [5, 5.41) is 11.2. The van der Waals surface area contributed by atoms with Gasteiger partial charge in [0.25, 0.3) is 5.91 Å². The number of methoxy groups -OCH3 is 1. The number of aromatic nitrogens is 5. The van der Waals surface area contributed by atoms with Crippen molar-refractivity contribution in [3.63, 3.8) is 0 Å². The summed E-state index contributed by atoms with van der Waals surface area (Å²) < 4.78 is 7.17. The Hall–Kier alpha value is -4.34. The van der Waals surface area contributed by atoms with Gasteiger partial charge in [-0.25, -0.2) is 19.6 Å². The van der Waals surface area contributed by atoms with Crippen LogP contribution in [0.4, 0.5) is 5.82 Å². The van der Waals surface area contributed by atoms with Gasteiger partial charge in [-0.1, -0.05) is 19.9 Å². The van der Waals surface area contributed by atoms with E-state index in [1.54, 1.807) is 43.4 Å². The zero-order chi connectivity index (χ0) is 26.4. The molecule has 4 aromatic rings. The van der Waals surface area contributed by atoms with E-state index in [9.17, 15) is 9.59 Å². The highest BCUT2D eigenvalue weighted by Crippen LogP contribution is 2.28. The third-order valence-corrected chi connectivity index (χ3v) is 6.14. The number of ketones is 1. The monoisotopic (exact) mass is 501 g/mol. The maximum atomic E-state index is 12.0. The Morgan fingerprint density at radius 2 is 1.95 bits per heavy atom. The number of rotatable bonds is 11. The van der Waals surface area contributed by atoms with Gasteiger partial charge in [0.1, 0.15) is 24.4 Å². The van der Waals surface area contributed by atoms with Gasteiger partial charge in [-0.3, -0.25) is 9.59 Å². The van der Waals surface area contributed by atoms with Crippen molar-refractivity contribution in [2.45, 2.75) is 39.2 Å². The molecule has 1 amide bonds. The van der Waals surface area contributed by atoms with Gasteiger partial charge >= 0.3 is 0 Å². The summed E-state index contributed by atoms with van der Waals surface area (Å²) in [5.74, 6) is 1.41. The van der Waals surface area contributed by atoms with E-state index in [-0.39, 0.29) is 24.2 Å². The van der Waals surface area contributed by atoms with Crippen LogP contribution in [-0.4, -0.2) is 57.1 Å². The number of nitrogens with zero attached hydrogens (tertiary/aromatic N) is 5. The first-order chi connectivity index (χ1) is 17.9. The molecule has 0 aliphatic carbocycles. The lowest BCUT2D eigenvalue weighted by atomic mass is 9.98. The van der Waals surface area contributed by atoms with Crippen molar-refractivity contribution >= 4 is 28.5 Å². The lowest BCUT2D eigenvalue weighted by Gasteiger charge is -2.17. The van der Waals surface area contributed by atoms with Gasteiger partial charge in [-0.15, -0.1) is 0 Å². The fourth-order valence-electron chi connectivity index (χ4n) is 4.14. The lowest BCUT2D eigenvalue weighted by molar-refractivity contribution is -0.119. The van der Waals surface area contributed by atoms with Gasteiger partial charge in [0.2, 0.25) is 0 Å². The van der Waals surface area contributed by atoms with Crippen LogP contribution in [0, 0.1) is 0 Å². The Labute approximate surface area is 215 Å². The summed E-state index contributed by atoms with van der Waals surface area (Å²) in [4.78, 5) is 37.3. The quantitative estimate of drug-likeness (QED) is 0.318. The second kappa shape index (κ2) is 11.6. The van der Waals surface area contributed by atoms with Crippen LogP contribution >= 0.6 is 0 Å². The lowest BCUT2D eigenvalue weighted by Crippen LogP contribution is -2.18. The second-order valence-electron chi connectivity index (χ2n) is 8.83. The number of hydrogen-bond donors (Lipinski definition) is 2. The number of pyridine rings is 1. The largest absolute Gasteiger partial charge is 0.496 e. The molecule has 4 rings (SSSR count). The number of Topliss-reactive ketones (excluding diaryl/α,β-unsaturated/α-hetero) is 1. The van der Waals surface area contributed by atoms with Gasteiger partial charge < -0.3 is 15.4 Å². The molecule has 2 N–H and O–H groups in total. The van der Waals surface area contributed by atoms with E-state index in [1.165, 1.54) is 6.33 Å². The fourth-order valence-corrected chi connectivity index (χ4v) is 4.14. The van der Waals surface area contributed by atoms with E-state index in [2.05, 4.69) is 37.6 Å². The standard InChI is InChI=1S/C27H31N7O3/c1-5-6-21(35)15-34-26-20(14-33-34)9-19(13-30-26)23-11-25(32-16-31-23)29-12-17(2)22-8-7-18(27(36)28-3)10-24(22)37-4/h7-11,13-14,16-17H,5-6,12,15H2,1-4H3,(H,28,36)(H,29,31,32). The fraction of sp³-hybridized carbons (Fsp3) is 0.333. The molecule has 10 heteroatoms. The predicted molar refractivity (Wildman–Crippen MR) is 142 cm³/mol. The summed E-state index contributed by atoms with van der Waals surface area (Å²) in [6.45, 7) is 4.88. The van der Waals surface area contributed by atoms with Crippen molar-refractivity contribution in [3.8, 4) is 17.0 Å². The molecule has 0 bridgehead atoms. The minimum absolute atomic E-state index is 0.0892. The van der Waals surface area contributed by atoms with Crippen LogP contribution in [0.1, 0.15) is 48.5 Å². The summed E-state index contributed by atoms with van der Waals surface area (Å²) in [6.07, 6.45) is 6.31. The van der Waals surface area contributed by atoms with Gasteiger partial charge in [0.15, 0.2) is 11.4 Å². The summed E-state index contributed by atoms with van der Waals surface area (Å²) in [6, 6.07) is 9.29. The minimum Gasteiger partial charge on any atom is -0.496 e. The molecule has 0 aliphatic rings.